The Morgan fingerprint density at radius 2 is 1.77 bits per heavy atom. The Labute approximate surface area is 182 Å². The predicted octanol–water partition coefficient (Wildman–Crippen LogP) is 5.75. The van der Waals surface area contributed by atoms with Crippen LogP contribution in [-0.4, -0.2) is 24.6 Å². The fourth-order valence-corrected chi connectivity index (χ4v) is 4.10. The molecule has 0 aliphatic heterocycles. The fourth-order valence-electron chi connectivity index (χ4n) is 3.98. The van der Waals surface area contributed by atoms with Gasteiger partial charge in [0.2, 0.25) is 5.91 Å². The van der Waals surface area contributed by atoms with Gasteiger partial charge in [-0.1, -0.05) is 36.6 Å². The number of carbonyl (C=O) groups is 2. The van der Waals surface area contributed by atoms with Gasteiger partial charge in [0.15, 0.2) is 0 Å². The van der Waals surface area contributed by atoms with Gasteiger partial charge in [-0.3, -0.25) is 4.79 Å². The van der Waals surface area contributed by atoms with Crippen LogP contribution in [0, 0.1) is 0 Å². The lowest BCUT2D eigenvalue weighted by atomic mass is 9.78. The standard InChI is InChI=1S/C24H28ClNO4/c1-4-29-22(27)20-15-19(11-12-21(20)30-16(2)3)26-23(28)24(13-5-6-14-24)17-7-9-18(25)10-8-17/h7-12,15-16H,4-6,13-14H2,1-3H3,(H,26,28). The molecular weight excluding hydrogens is 402 g/mol. The Morgan fingerprint density at radius 1 is 1.10 bits per heavy atom. The fraction of sp³-hybridized carbons (Fsp3) is 0.417. The van der Waals surface area contributed by atoms with Crippen LogP contribution in [-0.2, 0) is 14.9 Å². The highest BCUT2D eigenvalue weighted by atomic mass is 35.5. The quantitative estimate of drug-likeness (QED) is 0.568. The number of hydrogen-bond donors (Lipinski definition) is 1. The molecular formula is C24H28ClNO4. The number of rotatable bonds is 7. The molecule has 2 aromatic carbocycles. The van der Waals surface area contributed by atoms with E-state index in [1.807, 2.05) is 38.1 Å². The molecule has 2 aromatic rings. The second-order valence-corrected chi connectivity index (χ2v) is 8.28. The average Bonchev–Trinajstić information content (AvgIpc) is 3.20. The van der Waals surface area contributed by atoms with Gasteiger partial charge >= 0.3 is 5.97 Å². The molecule has 1 amide bonds. The van der Waals surface area contributed by atoms with E-state index in [-0.39, 0.29) is 18.6 Å². The van der Waals surface area contributed by atoms with E-state index in [1.54, 1.807) is 25.1 Å². The van der Waals surface area contributed by atoms with Crippen LogP contribution in [0.2, 0.25) is 5.02 Å². The van der Waals surface area contributed by atoms with Crippen LogP contribution in [0.3, 0.4) is 0 Å². The number of anilines is 1. The van der Waals surface area contributed by atoms with Gasteiger partial charge in [-0.25, -0.2) is 4.79 Å². The molecule has 1 aliphatic rings. The highest BCUT2D eigenvalue weighted by Crippen LogP contribution is 2.42. The van der Waals surface area contributed by atoms with Gasteiger partial charge in [0.1, 0.15) is 11.3 Å². The second kappa shape index (κ2) is 9.52. The van der Waals surface area contributed by atoms with Gasteiger partial charge in [0.05, 0.1) is 18.1 Å². The van der Waals surface area contributed by atoms with Gasteiger partial charge < -0.3 is 14.8 Å². The van der Waals surface area contributed by atoms with E-state index < -0.39 is 11.4 Å². The Bertz CT molecular complexity index is 902. The van der Waals surface area contributed by atoms with Crippen LogP contribution in [0.15, 0.2) is 42.5 Å². The molecule has 0 saturated heterocycles. The van der Waals surface area contributed by atoms with E-state index in [0.717, 1.165) is 31.2 Å². The van der Waals surface area contributed by atoms with E-state index >= 15 is 0 Å². The summed E-state index contributed by atoms with van der Waals surface area (Å²) in [6.07, 6.45) is 3.45. The number of hydrogen-bond acceptors (Lipinski definition) is 4. The molecule has 0 bridgehead atoms. The number of benzene rings is 2. The van der Waals surface area contributed by atoms with Gasteiger partial charge in [0, 0.05) is 10.7 Å². The Balaban J connectivity index is 1.90. The van der Waals surface area contributed by atoms with Crippen LogP contribution in [0.1, 0.15) is 62.4 Å². The minimum Gasteiger partial charge on any atom is -0.490 e. The zero-order chi connectivity index (χ0) is 21.7. The molecule has 30 heavy (non-hydrogen) atoms. The summed E-state index contributed by atoms with van der Waals surface area (Å²) in [6.45, 7) is 5.79. The first-order valence-electron chi connectivity index (χ1n) is 10.4. The minimum atomic E-state index is -0.595. The lowest BCUT2D eigenvalue weighted by Crippen LogP contribution is -2.38. The van der Waals surface area contributed by atoms with E-state index in [4.69, 9.17) is 21.1 Å². The van der Waals surface area contributed by atoms with E-state index in [1.165, 1.54) is 0 Å². The molecule has 0 aromatic heterocycles. The summed E-state index contributed by atoms with van der Waals surface area (Å²) >= 11 is 6.04. The normalized spacial score (nSPS) is 15.1. The zero-order valence-corrected chi connectivity index (χ0v) is 18.4. The Morgan fingerprint density at radius 3 is 2.37 bits per heavy atom. The van der Waals surface area contributed by atoms with Crippen molar-refractivity contribution in [3.63, 3.8) is 0 Å². The lowest BCUT2D eigenvalue weighted by molar-refractivity contribution is -0.121. The van der Waals surface area contributed by atoms with Gasteiger partial charge in [-0.2, -0.15) is 0 Å². The molecule has 1 fully saturated rings. The molecule has 1 saturated carbocycles. The van der Waals surface area contributed by atoms with Crippen LogP contribution in [0.5, 0.6) is 5.75 Å². The van der Waals surface area contributed by atoms with Crippen molar-refractivity contribution >= 4 is 29.2 Å². The Hall–Kier alpha value is -2.53. The summed E-state index contributed by atoms with van der Waals surface area (Å²) in [5.74, 6) is -0.109. The third-order valence-electron chi connectivity index (χ3n) is 5.38. The van der Waals surface area contributed by atoms with Gasteiger partial charge in [-0.15, -0.1) is 0 Å². The van der Waals surface area contributed by atoms with Crippen molar-refractivity contribution in [2.75, 3.05) is 11.9 Å². The molecule has 160 valence electrons. The topological polar surface area (TPSA) is 64.6 Å². The first kappa shape index (κ1) is 22.2. The highest BCUT2D eigenvalue weighted by Gasteiger charge is 2.42. The monoisotopic (exact) mass is 429 g/mol. The van der Waals surface area contributed by atoms with E-state index in [0.29, 0.717) is 22.0 Å². The van der Waals surface area contributed by atoms with Gasteiger partial charge in [0.25, 0.3) is 0 Å². The van der Waals surface area contributed by atoms with Crippen LogP contribution >= 0.6 is 11.6 Å². The molecule has 1 N–H and O–H groups in total. The van der Waals surface area contributed by atoms with Gasteiger partial charge in [-0.05, 0) is 69.5 Å². The van der Waals surface area contributed by atoms with E-state index in [9.17, 15) is 9.59 Å². The maximum Gasteiger partial charge on any atom is 0.341 e. The highest BCUT2D eigenvalue weighted by molar-refractivity contribution is 6.30. The number of ether oxygens (including phenoxy) is 2. The summed E-state index contributed by atoms with van der Waals surface area (Å²) in [5, 5.41) is 3.67. The number of halogens is 1. The molecule has 0 spiro atoms. The molecule has 3 rings (SSSR count). The lowest BCUT2D eigenvalue weighted by Gasteiger charge is -2.28. The number of esters is 1. The minimum absolute atomic E-state index is 0.0744. The molecule has 0 unspecified atom stereocenters. The number of nitrogens with one attached hydrogen (secondary N) is 1. The largest absolute Gasteiger partial charge is 0.490 e. The number of carbonyl (C=O) groups excluding carboxylic acids is 2. The first-order valence-corrected chi connectivity index (χ1v) is 10.8. The van der Waals surface area contributed by atoms with Crippen LogP contribution in [0.4, 0.5) is 5.69 Å². The molecule has 1 aliphatic carbocycles. The van der Waals surface area contributed by atoms with Crippen molar-refractivity contribution in [1.29, 1.82) is 0 Å². The average molecular weight is 430 g/mol. The maximum absolute atomic E-state index is 13.4. The van der Waals surface area contributed by atoms with Crippen LogP contribution < -0.4 is 10.1 Å². The summed E-state index contributed by atoms with van der Waals surface area (Å²) < 4.78 is 10.9. The molecule has 6 heteroatoms. The summed E-state index contributed by atoms with van der Waals surface area (Å²) in [7, 11) is 0. The second-order valence-electron chi connectivity index (χ2n) is 7.85. The van der Waals surface area contributed by atoms with Crippen molar-refractivity contribution in [1.82, 2.24) is 0 Å². The smallest absolute Gasteiger partial charge is 0.341 e. The van der Waals surface area contributed by atoms with Crippen molar-refractivity contribution in [3.05, 3.63) is 58.6 Å². The van der Waals surface area contributed by atoms with E-state index in [2.05, 4.69) is 5.32 Å². The van der Waals surface area contributed by atoms with Crippen molar-refractivity contribution < 1.29 is 19.1 Å². The third kappa shape index (κ3) is 4.78. The predicted molar refractivity (Wildman–Crippen MR) is 118 cm³/mol. The van der Waals surface area contributed by atoms with Crippen LogP contribution in [0.25, 0.3) is 0 Å². The maximum atomic E-state index is 13.4. The Kier molecular flexibility index (Phi) is 7.03. The SMILES string of the molecule is CCOC(=O)c1cc(NC(=O)C2(c3ccc(Cl)cc3)CCCC2)ccc1OC(C)C. The summed E-state index contributed by atoms with van der Waals surface area (Å²) in [5.41, 5.74) is 1.21. The molecule has 0 atom stereocenters. The zero-order valence-electron chi connectivity index (χ0n) is 17.7. The third-order valence-corrected chi connectivity index (χ3v) is 5.64. The van der Waals surface area contributed by atoms with Crippen molar-refractivity contribution in [2.24, 2.45) is 0 Å². The van der Waals surface area contributed by atoms with Crippen molar-refractivity contribution in [3.8, 4) is 5.75 Å². The molecule has 0 heterocycles. The first-order chi connectivity index (χ1) is 14.4. The molecule has 5 nitrogen and oxygen atoms in total. The molecule has 0 radical (unpaired) electrons. The number of amides is 1. The summed E-state index contributed by atoms with van der Waals surface area (Å²) in [4.78, 5) is 25.8. The van der Waals surface area contributed by atoms with Crippen molar-refractivity contribution in [2.45, 2.75) is 58.0 Å². The summed E-state index contributed by atoms with van der Waals surface area (Å²) in [6, 6.07) is 12.6.